The van der Waals surface area contributed by atoms with Crippen molar-refractivity contribution in [2.75, 3.05) is 6.61 Å². The molecule has 100 valence electrons. The summed E-state index contributed by atoms with van der Waals surface area (Å²) < 4.78 is 5.94. The summed E-state index contributed by atoms with van der Waals surface area (Å²) in [5, 5.41) is 0.792. The van der Waals surface area contributed by atoms with E-state index in [0.717, 1.165) is 11.6 Å². The summed E-state index contributed by atoms with van der Waals surface area (Å²) in [6, 6.07) is 8.16. The van der Waals surface area contributed by atoms with E-state index in [4.69, 9.17) is 16.3 Å². The fourth-order valence-electron chi connectivity index (χ4n) is 2.77. The van der Waals surface area contributed by atoms with Crippen molar-refractivity contribution in [1.29, 1.82) is 0 Å². The van der Waals surface area contributed by atoms with E-state index >= 15 is 0 Å². The highest BCUT2D eigenvalue weighted by molar-refractivity contribution is 6.30. The van der Waals surface area contributed by atoms with Crippen molar-refractivity contribution in [3.8, 4) is 0 Å². The minimum absolute atomic E-state index is 0.0189. The second kappa shape index (κ2) is 4.54. The van der Waals surface area contributed by atoms with Crippen LogP contribution in [0.3, 0.4) is 0 Å². The Bertz CT molecular complexity index is 415. The molecule has 2 atom stereocenters. The van der Waals surface area contributed by atoms with Crippen LogP contribution in [0.4, 0.5) is 0 Å². The van der Waals surface area contributed by atoms with E-state index in [2.05, 4.69) is 46.8 Å². The summed E-state index contributed by atoms with van der Waals surface area (Å²) in [4.78, 5) is 0. The van der Waals surface area contributed by atoms with Crippen LogP contribution in [0.5, 0.6) is 0 Å². The van der Waals surface area contributed by atoms with Gasteiger partial charge in [-0.2, -0.15) is 0 Å². The molecule has 1 aliphatic rings. The van der Waals surface area contributed by atoms with E-state index < -0.39 is 0 Å². The highest BCUT2D eigenvalue weighted by Gasteiger charge is 2.61. The van der Waals surface area contributed by atoms with Gasteiger partial charge in [0.1, 0.15) is 5.60 Å². The van der Waals surface area contributed by atoms with Crippen LogP contribution < -0.4 is 0 Å². The van der Waals surface area contributed by atoms with E-state index in [1.165, 1.54) is 5.56 Å². The van der Waals surface area contributed by atoms with Crippen molar-refractivity contribution in [1.82, 2.24) is 0 Å². The molecule has 1 aromatic rings. The summed E-state index contributed by atoms with van der Waals surface area (Å²) in [5.41, 5.74) is 1.46. The van der Waals surface area contributed by atoms with E-state index in [9.17, 15) is 0 Å². The van der Waals surface area contributed by atoms with Crippen molar-refractivity contribution in [3.63, 3.8) is 0 Å². The van der Waals surface area contributed by atoms with Crippen molar-refractivity contribution in [3.05, 3.63) is 34.9 Å². The topological polar surface area (TPSA) is 12.5 Å². The Labute approximate surface area is 115 Å². The number of rotatable bonds is 4. The Balaban J connectivity index is 2.28. The van der Waals surface area contributed by atoms with Crippen LogP contribution in [-0.4, -0.2) is 12.2 Å². The van der Waals surface area contributed by atoms with Gasteiger partial charge in [-0.25, -0.2) is 0 Å². The van der Waals surface area contributed by atoms with E-state index in [0.29, 0.717) is 11.8 Å². The molecule has 0 N–H and O–H groups in total. The lowest BCUT2D eigenvalue weighted by atomic mass is 9.64. The van der Waals surface area contributed by atoms with E-state index in [1.54, 1.807) is 0 Å². The molecule has 1 saturated heterocycles. The molecule has 0 saturated carbocycles. The quantitative estimate of drug-likeness (QED) is 0.707. The summed E-state index contributed by atoms with van der Waals surface area (Å²) in [7, 11) is 0. The second-order valence-corrected chi connectivity index (χ2v) is 6.76. The Morgan fingerprint density at radius 3 is 2.06 bits per heavy atom. The van der Waals surface area contributed by atoms with Gasteiger partial charge in [0.2, 0.25) is 0 Å². The summed E-state index contributed by atoms with van der Waals surface area (Å²) in [6.45, 7) is 12.3. The third-order valence-electron chi connectivity index (χ3n) is 5.06. The number of benzene rings is 1. The first-order valence-corrected chi connectivity index (χ1v) is 7.08. The first-order chi connectivity index (χ1) is 8.31. The molecule has 0 aliphatic carbocycles. The zero-order chi connectivity index (χ0) is 13.6. The summed E-state index contributed by atoms with van der Waals surface area (Å²) in [5.74, 6) is 0.988. The summed E-state index contributed by atoms with van der Waals surface area (Å²) >= 11 is 5.96. The molecule has 0 spiro atoms. The van der Waals surface area contributed by atoms with Gasteiger partial charge in [-0.05, 0) is 29.0 Å². The largest absolute Gasteiger partial charge is 0.368 e. The first-order valence-electron chi connectivity index (χ1n) is 6.70. The number of epoxide rings is 1. The number of halogens is 1. The monoisotopic (exact) mass is 266 g/mol. The van der Waals surface area contributed by atoms with Crippen LogP contribution in [0.15, 0.2) is 24.3 Å². The van der Waals surface area contributed by atoms with E-state index in [1.807, 2.05) is 12.1 Å². The minimum Gasteiger partial charge on any atom is -0.368 e. The molecule has 1 aliphatic heterocycles. The average molecular weight is 267 g/mol. The second-order valence-electron chi connectivity index (χ2n) is 6.33. The maximum atomic E-state index is 5.96. The Kier molecular flexibility index (Phi) is 3.50. The van der Waals surface area contributed by atoms with Crippen LogP contribution >= 0.6 is 11.6 Å². The average Bonchev–Trinajstić information content (AvgIpc) is 3.10. The van der Waals surface area contributed by atoms with Gasteiger partial charge in [-0.3, -0.25) is 0 Å². The predicted octanol–water partition coefficient (Wildman–Crippen LogP) is 4.89. The molecule has 0 radical (unpaired) electrons. The number of ether oxygens (including phenoxy) is 1. The van der Waals surface area contributed by atoms with Gasteiger partial charge in [0.15, 0.2) is 0 Å². The predicted molar refractivity (Wildman–Crippen MR) is 77.2 cm³/mol. The van der Waals surface area contributed by atoms with E-state index in [-0.39, 0.29) is 11.0 Å². The number of hydrogen-bond donors (Lipinski definition) is 0. The van der Waals surface area contributed by atoms with Crippen molar-refractivity contribution < 1.29 is 4.74 Å². The molecule has 1 heterocycles. The molecule has 1 aromatic carbocycles. The maximum Gasteiger partial charge on any atom is 0.103 e. The van der Waals surface area contributed by atoms with Crippen LogP contribution in [0.2, 0.25) is 5.02 Å². The van der Waals surface area contributed by atoms with Crippen molar-refractivity contribution in [2.45, 2.75) is 46.1 Å². The first kappa shape index (κ1) is 13.9. The number of hydrogen-bond acceptors (Lipinski definition) is 1. The standard InChI is InChI=1S/C16H23ClO/c1-11(2)15(4,5)16(10-18-16)12(3)13-6-8-14(17)9-7-13/h6-9,11-12H,10H2,1-5H3. The molecule has 0 bridgehead atoms. The Morgan fingerprint density at radius 1 is 1.17 bits per heavy atom. The SMILES string of the molecule is CC(C)C(C)(C)C1(C(C)c2ccc(Cl)cc2)CO1. The zero-order valence-electron chi connectivity index (χ0n) is 12.0. The van der Waals surface area contributed by atoms with Gasteiger partial charge in [0.25, 0.3) is 0 Å². The Hall–Kier alpha value is -0.530. The minimum atomic E-state index is -0.0189. The van der Waals surface area contributed by atoms with Crippen molar-refractivity contribution in [2.24, 2.45) is 11.3 Å². The molecule has 1 fully saturated rings. The van der Waals surface area contributed by atoms with Crippen LogP contribution in [-0.2, 0) is 4.74 Å². The third-order valence-corrected chi connectivity index (χ3v) is 5.31. The molecular weight excluding hydrogens is 244 g/mol. The fraction of sp³-hybridized carbons (Fsp3) is 0.625. The molecule has 0 amide bonds. The summed E-state index contributed by atoms with van der Waals surface area (Å²) in [6.07, 6.45) is 0. The normalized spacial score (nSPS) is 25.3. The van der Waals surface area contributed by atoms with Crippen LogP contribution in [0.1, 0.15) is 46.1 Å². The third kappa shape index (κ3) is 2.08. The van der Waals surface area contributed by atoms with Crippen LogP contribution in [0, 0.1) is 11.3 Å². The molecule has 18 heavy (non-hydrogen) atoms. The van der Waals surface area contributed by atoms with Gasteiger partial charge in [-0.15, -0.1) is 0 Å². The van der Waals surface area contributed by atoms with Gasteiger partial charge < -0.3 is 4.74 Å². The Morgan fingerprint density at radius 2 is 1.67 bits per heavy atom. The van der Waals surface area contributed by atoms with Crippen molar-refractivity contribution >= 4 is 11.6 Å². The highest BCUT2D eigenvalue weighted by atomic mass is 35.5. The molecule has 0 aromatic heterocycles. The lowest BCUT2D eigenvalue weighted by Gasteiger charge is -2.39. The highest BCUT2D eigenvalue weighted by Crippen LogP contribution is 2.56. The molecule has 1 nitrogen and oxygen atoms in total. The van der Waals surface area contributed by atoms with Gasteiger partial charge in [-0.1, -0.05) is 58.4 Å². The lowest BCUT2D eigenvalue weighted by Crippen LogP contribution is -2.41. The van der Waals surface area contributed by atoms with Gasteiger partial charge in [0.05, 0.1) is 6.61 Å². The molecular formula is C16H23ClO. The smallest absolute Gasteiger partial charge is 0.103 e. The fourth-order valence-corrected chi connectivity index (χ4v) is 2.89. The zero-order valence-corrected chi connectivity index (χ0v) is 12.7. The maximum absolute atomic E-state index is 5.96. The van der Waals surface area contributed by atoms with Gasteiger partial charge >= 0.3 is 0 Å². The molecule has 2 unspecified atom stereocenters. The lowest BCUT2D eigenvalue weighted by molar-refractivity contribution is 0.0689. The molecule has 2 rings (SSSR count). The van der Waals surface area contributed by atoms with Crippen LogP contribution in [0.25, 0.3) is 0 Å². The molecule has 2 heteroatoms. The van der Waals surface area contributed by atoms with Gasteiger partial charge in [0, 0.05) is 10.9 Å².